The lowest BCUT2D eigenvalue weighted by Gasteiger charge is -2.21. The molecule has 1 aliphatic rings. The van der Waals surface area contributed by atoms with E-state index in [0.717, 1.165) is 34.0 Å². The standard InChI is InChI=1S/C36H27N3Si/c1-40(2)32-19-11-8-16-29(32)34-35(40)33(24-12-4-3-5-13-24)37-36(38-34)25-20-22-26(23-21-25)39-30-17-9-6-14-27(30)28-15-7-10-18-31(28)39/h3-23H,1-2H3. The van der Waals surface area contributed by atoms with Crippen LogP contribution in [0, 0.1) is 0 Å². The third-order valence-electron chi connectivity index (χ3n) is 8.40. The molecule has 40 heavy (non-hydrogen) atoms. The second-order valence-corrected chi connectivity index (χ2v) is 15.4. The first-order valence-corrected chi connectivity index (χ1v) is 16.8. The first kappa shape index (κ1) is 23.1. The second-order valence-electron chi connectivity index (χ2n) is 11.1. The van der Waals surface area contributed by atoms with Crippen LogP contribution in [0.5, 0.6) is 0 Å². The van der Waals surface area contributed by atoms with Crippen LogP contribution in [0.25, 0.3) is 61.4 Å². The molecule has 0 aliphatic carbocycles. The molecule has 0 saturated heterocycles. The van der Waals surface area contributed by atoms with Crippen molar-refractivity contribution in [3.05, 3.63) is 127 Å². The van der Waals surface area contributed by atoms with Crippen molar-refractivity contribution in [3.8, 4) is 39.6 Å². The molecule has 0 amide bonds. The van der Waals surface area contributed by atoms with Crippen LogP contribution in [0.3, 0.4) is 0 Å². The lowest BCUT2D eigenvalue weighted by molar-refractivity contribution is 1.17. The largest absolute Gasteiger partial charge is 0.309 e. The van der Waals surface area contributed by atoms with Gasteiger partial charge in [0.1, 0.15) is 8.07 Å². The molecule has 0 bridgehead atoms. The van der Waals surface area contributed by atoms with Crippen LogP contribution >= 0.6 is 0 Å². The number of hydrogen-bond acceptors (Lipinski definition) is 2. The lowest BCUT2D eigenvalue weighted by atomic mass is 10.1. The molecule has 0 fully saturated rings. The fourth-order valence-electron chi connectivity index (χ4n) is 6.51. The third kappa shape index (κ3) is 3.29. The summed E-state index contributed by atoms with van der Waals surface area (Å²) in [6.45, 7) is 4.85. The molecule has 2 aromatic heterocycles. The number of rotatable bonds is 3. The lowest BCUT2D eigenvalue weighted by Crippen LogP contribution is -2.50. The highest BCUT2D eigenvalue weighted by molar-refractivity contribution is 7.04. The Morgan fingerprint density at radius 2 is 1.10 bits per heavy atom. The molecule has 0 atom stereocenters. The maximum Gasteiger partial charge on any atom is 0.160 e. The first-order valence-electron chi connectivity index (χ1n) is 13.8. The molecule has 4 heteroatoms. The van der Waals surface area contributed by atoms with Gasteiger partial charge in [-0.3, -0.25) is 0 Å². The van der Waals surface area contributed by atoms with E-state index in [0.29, 0.717) is 0 Å². The summed E-state index contributed by atoms with van der Waals surface area (Å²) in [5.74, 6) is 0.771. The van der Waals surface area contributed by atoms with Gasteiger partial charge in [-0.15, -0.1) is 0 Å². The van der Waals surface area contributed by atoms with E-state index in [1.54, 1.807) is 0 Å². The van der Waals surface area contributed by atoms with Crippen LogP contribution in [0.15, 0.2) is 127 Å². The number of hydrogen-bond donors (Lipinski definition) is 0. The number of aromatic nitrogens is 3. The van der Waals surface area contributed by atoms with Crippen molar-refractivity contribution >= 4 is 40.3 Å². The molecule has 0 saturated carbocycles. The van der Waals surface area contributed by atoms with E-state index in [1.165, 1.54) is 37.7 Å². The molecule has 3 heterocycles. The Morgan fingerprint density at radius 3 is 1.80 bits per heavy atom. The number of benzene rings is 5. The zero-order chi connectivity index (χ0) is 26.8. The number of nitrogens with zero attached hydrogens (tertiary/aromatic N) is 3. The molecule has 0 spiro atoms. The summed E-state index contributed by atoms with van der Waals surface area (Å²) in [6.07, 6.45) is 0. The third-order valence-corrected chi connectivity index (χ3v) is 11.9. The van der Waals surface area contributed by atoms with Crippen molar-refractivity contribution in [2.45, 2.75) is 13.1 Å². The summed E-state index contributed by atoms with van der Waals surface area (Å²) < 4.78 is 2.35. The highest BCUT2D eigenvalue weighted by Crippen LogP contribution is 2.35. The maximum absolute atomic E-state index is 5.27. The highest BCUT2D eigenvalue weighted by atomic mass is 28.3. The number of para-hydroxylation sites is 2. The molecular formula is C36H27N3Si. The van der Waals surface area contributed by atoms with Crippen molar-refractivity contribution in [3.63, 3.8) is 0 Å². The van der Waals surface area contributed by atoms with Gasteiger partial charge in [0.25, 0.3) is 0 Å². The van der Waals surface area contributed by atoms with Gasteiger partial charge in [-0.2, -0.15) is 0 Å². The predicted octanol–water partition coefficient (Wildman–Crippen LogP) is 7.71. The Balaban J connectivity index is 1.32. The fraction of sp³-hybridized carbons (Fsp3) is 0.0556. The summed E-state index contributed by atoms with van der Waals surface area (Å²) in [7, 11) is -1.96. The SMILES string of the molecule is C[Si]1(C)c2ccccc2-c2nc(-c3ccc(-n4c5ccccc5c5ccccc54)cc3)nc(-c3ccccc3)c21. The molecule has 0 radical (unpaired) electrons. The molecule has 7 aromatic rings. The molecule has 0 N–H and O–H groups in total. The van der Waals surface area contributed by atoms with E-state index in [4.69, 9.17) is 9.97 Å². The van der Waals surface area contributed by atoms with Gasteiger partial charge in [0.05, 0.1) is 22.4 Å². The maximum atomic E-state index is 5.27. The Labute approximate surface area is 234 Å². The summed E-state index contributed by atoms with van der Waals surface area (Å²) in [5, 5.41) is 5.31. The minimum Gasteiger partial charge on any atom is -0.309 e. The topological polar surface area (TPSA) is 30.7 Å². The average Bonchev–Trinajstić information content (AvgIpc) is 3.47. The van der Waals surface area contributed by atoms with Crippen molar-refractivity contribution in [1.82, 2.24) is 14.5 Å². The van der Waals surface area contributed by atoms with Crippen LogP contribution in [-0.4, -0.2) is 22.6 Å². The Morgan fingerprint density at radius 1 is 0.525 bits per heavy atom. The Kier molecular flexibility index (Phi) is 4.97. The van der Waals surface area contributed by atoms with E-state index in [-0.39, 0.29) is 0 Å². The zero-order valence-electron chi connectivity index (χ0n) is 22.5. The monoisotopic (exact) mass is 529 g/mol. The fourth-order valence-corrected chi connectivity index (χ4v) is 9.74. The van der Waals surface area contributed by atoms with Crippen molar-refractivity contribution in [2.24, 2.45) is 0 Å². The summed E-state index contributed by atoms with van der Waals surface area (Å²) in [6, 6.07) is 45.4. The van der Waals surface area contributed by atoms with Gasteiger partial charge in [-0.1, -0.05) is 104 Å². The van der Waals surface area contributed by atoms with E-state index in [2.05, 4.69) is 145 Å². The zero-order valence-corrected chi connectivity index (χ0v) is 23.5. The van der Waals surface area contributed by atoms with E-state index >= 15 is 0 Å². The van der Waals surface area contributed by atoms with Gasteiger partial charge < -0.3 is 4.57 Å². The van der Waals surface area contributed by atoms with Crippen LogP contribution in [0.4, 0.5) is 0 Å². The van der Waals surface area contributed by atoms with Gasteiger partial charge in [0.15, 0.2) is 5.82 Å². The van der Waals surface area contributed by atoms with Crippen molar-refractivity contribution in [1.29, 1.82) is 0 Å². The molecule has 8 rings (SSSR count). The van der Waals surface area contributed by atoms with Crippen molar-refractivity contribution < 1.29 is 0 Å². The molecule has 5 aromatic carbocycles. The highest BCUT2D eigenvalue weighted by Gasteiger charge is 2.41. The molecule has 190 valence electrons. The van der Waals surface area contributed by atoms with E-state index in [9.17, 15) is 0 Å². The van der Waals surface area contributed by atoms with Gasteiger partial charge in [-0.25, -0.2) is 9.97 Å². The molecule has 0 unspecified atom stereocenters. The molecule has 3 nitrogen and oxygen atoms in total. The van der Waals surface area contributed by atoms with Crippen LogP contribution in [-0.2, 0) is 0 Å². The Hall–Kier alpha value is -4.80. The predicted molar refractivity (Wildman–Crippen MR) is 169 cm³/mol. The van der Waals surface area contributed by atoms with Gasteiger partial charge in [0.2, 0.25) is 0 Å². The normalized spacial score (nSPS) is 13.4. The van der Waals surface area contributed by atoms with Crippen molar-refractivity contribution in [2.75, 3.05) is 0 Å². The second kappa shape index (κ2) is 8.60. The molecule has 1 aliphatic heterocycles. The Bertz CT molecular complexity index is 2020. The van der Waals surface area contributed by atoms with E-state index in [1.807, 2.05) is 0 Å². The summed E-state index contributed by atoms with van der Waals surface area (Å²) in [5.41, 5.74) is 9.15. The van der Waals surface area contributed by atoms with Crippen LogP contribution < -0.4 is 10.4 Å². The quantitative estimate of drug-likeness (QED) is 0.220. The minimum absolute atomic E-state index is 0.771. The van der Waals surface area contributed by atoms with Crippen LogP contribution in [0.2, 0.25) is 13.1 Å². The van der Waals surface area contributed by atoms with Crippen LogP contribution in [0.1, 0.15) is 0 Å². The summed E-state index contributed by atoms with van der Waals surface area (Å²) >= 11 is 0. The smallest absolute Gasteiger partial charge is 0.160 e. The van der Waals surface area contributed by atoms with Gasteiger partial charge in [0, 0.05) is 27.6 Å². The average molecular weight is 530 g/mol. The summed E-state index contributed by atoms with van der Waals surface area (Å²) in [4.78, 5) is 10.5. The van der Waals surface area contributed by atoms with Gasteiger partial charge in [-0.05, 0) is 52.3 Å². The van der Waals surface area contributed by atoms with Gasteiger partial charge >= 0.3 is 0 Å². The molecular weight excluding hydrogens is 503 g/mol. The number of fused-ring (bicyclic) bond motifs is 6. The van der Waals surface area contributed by atoms with E-state index < -0.39 is 8.07 Å². The first-order chi connectivity index (χ1) is 19.6. The minimum atomic E-state index is -1.96.